The van der Waals surface area contributed by atoms with Crippen molar-refractivity contribution in [3.63, 3.8) is 0 Å². The molecule has 0 bridgehead atoms. The summed E-state index contributed by atoms with van der Waals surface area (Å²) >= 11 is 0. The van der Waals surface area contributed by atoms with E-state index in [9.17, 15) is 9.59 Å². The molecule has 0 atom stereocenters. The normalized spacial score (nSPS) is 11.2. The molecule has 0 radical (unpaired) electrons. The molecule has 32 heavy (non-hydrogen) atoms. The van der Waals surface area contributed by atoms with E-state index in [0.29, 0.717) is 42.8 Å². The molecular weight excluding hydrogens is 406 g/mol. The molecule has 4 aromatic rings. The predicted octanol–water partition coefficient (Wildman–Crippen LogP) is 2.25. The smallest absolute Gasteiger partial charge is 0.267 e. The summed E-state index contributed by atoms with van der Waals surface area (Å²) in [6.07, 6.45) is 2.32. The van der Waals surface area contributed by atoms with Crippen LogP contribution in [0.4, 0.5) is 0 Å². The highest BCUT2D eigenvalue weighted by atomic mass is 16.5. The Balaban J connectivity index is 1.94. The molecule has 0 fully saturated rings. The van der Waals surface area contributed by atoms with Gasteiger partial charge in [0, 0.05) is 26.5 Å². The summed E-state index contributed by atoms with van der Waals surface area (Å²) in [6.45, 7) is 3.14. The van der Waals surface area contributed by atoms with Crippen LogP contribution in [0.5, 0.6) is 0 Å². The molecule has 0 saturated carbocycles. The highest BCUT2D eigenvalue weighted by Gasteiger charge is 2.18. The van der Waals surface area contributed by atoms with E-state index in [1.165, 1.54) is 10.5 Å². The van der Waals surface area contributed by atoms with Crippen LogP contribution in [0, 0.1) is 12.3 Å². The lowest BCUT2D eigenvalue weighted by molar-refractivity contribution is 0.0946. The molecule has 8 nitrogen and oxygen atoms in total. The van der Waals surface area contributed by atoms with E-state index < -0.39 is 5.91 Å². The highest BCUT2D eigenvalue weighted by molar-refractivity contribution is 5.96. The van der Waals surface area contributed by atoms with Gasteiger partial charge in [0.05, 0.1) is 17.5 Å². The molecule has 0 aliphatic rings. The summed E-state index contributed by atoms with van der Waals surface area (Å²) in [6, 6.07) is 14.8. The summed E-state index contributed by atoms with van der Waals surface area (Å²) in [7, 11) is 1.60. The first kappa shape index (κ1) is 21.5. The maximum absolute atomic E-state index is 13.3. The number of nitrogens with one attached hydrogen (secondary N) is 2. The van der Waals surface area contributed by atoms with Gasteiger partial charge in [-0.15, -0.1) is 0 Å². The van der Waals surface area contributed by atoms with Crippen molar-refractivity contribution >= 4 is 22.6 Å². The number of fused-ring (bicyclic) bond motifs is 2. The standard InChI is InChI=1S/C24H25N5O3/c1-16-8-6-12-28-21(16)27-22-19(24(28)31)14-18(23(30)26-11-7-13-32-2)20(25)29(22)15-17-9-4-3-5-10-17/h3-6,8-10,12,14,25H,7,11,13,15H2,1-2H3,(H,26,30). The van der Waals surface area contributed by atoms with Gasteiger partial charge in [-0.25, -0.2) is 4.98 Å². The Morgan fingerprint density at radius 2 is 1.94 bits per heavy atom. The lowest BCUT2D eigenvalue weighted by Crippen LogP contribution is -2.35. The highest BCUT2D eigenvalue weighted by Crippen LogP contribution is 2.14. The number of ether oxygens (including phenoxy) is 1. The summed E-state index contributed by atoms with van der Waals surface area (Å²) in [5.74, 6) is -0.399. The van der Waals surface area contributed by atoms with Crippen LogP contribution in [0.15, 0.2) is 59.5 Å². The van der Waals surface area contributed by atoms with Gasteiger partial charge in [0.15, 0.2) is 0 Å². The number of aromatic nitrogens is 3. The molecule has 1 amide bonds. The van der Waals surface area contributed by atoms with Crippen LogP contribution in [-0.4, -0.2) is 40.1 Å². The van der Waals surface area contributed by atoms with Gasteiger partial charge >= 0.3 is 0 Å². The van der Waals surface area contributed by atoms with Crippen LogP contribution < -0.4 is 16.4 Å². The van der Waals surface area contributed by atoms with Gasteiger partial charge in [0.25, 0.3) is 11.5 Å². The van der Waals surface area contributed by atoms with Crippen molar-refractivity contribution in [3.8, 4) is 0 Å². The van der Waals surface area contributed by atoms with Crippen LogP contribution in [0.1, 0.15) is 27.9 Å². The Kier molecular flexibility index (Phi) is 6.13. The Labute approximate surface area is 184 Å². The number of hydrogen-bond donors (Lipinski definition) is 2. The molecule has 0 spiro atoms. The van der Waals surface area contributed by atoms with Gasteiger partial charge in [-0.1, -0.05) is 36.4 Å². The van der Waals surface area contributed by atoms with Crippen LogP contribution in [0.25, 0.3) is 16.7 Å². The number of pyridine rings is 2. The van der Waals surface area contributed by atoms with E-state index >= 15 is 0 Å². The third kappa shape index (κ3) is 4.04. The average molecular weight is 431 g/mol. The maximum atomic E-state index is 13.3. The largest absolute Gasteiger partial charge is 0.385 e. The van der Waals surface area contributed by atoms with Gasteiger partial charge in [-0.3, -0.25) is 19.4 Å². The van der Waals surface area contributed by atoms with E-state index in [-0.39, 0.29) is 16.6 Å². The van der Waals surface area contributed by atoms with Gasteiger partial charge in [0.1, 0.15) is 16.8 Å². The number of carbonyl (C=O) groups excluding carboxylic acids is 1. The van der Waals surface area contributed by atoms with E-state index in [0.717, 1.165) is 11.1 Å². The second kappa shape index (κ2) is 9.15. The van der Waals surface area contributed by atoms with Crippen molar-refractivity contribution < 1.29 is 9.53 Å². The average Bonchev–Trinajstić information content (AvgIpc) is 2.80. The topological polar surface area (TPSA) is 101 Å². The lowest BCUT2D eigenvalue weighted by Gasteiger charge is -2.15. The Morgan fingerprint density at radius 1 is 1.16 bits per heavy atom. The van der Waals surface area contributed by atoms with Gasteiger partial charge < -0.3 is 14.6 Å². The van der Waals surface area contributed by atoms with E-state index in [2.05, 4.69) is 5.32 Å². The fourth-order valence-corrected chi connectivity index (χ4v) is 3.70. The summed E-state index contributed by atoms with van der Waals surface area (Å²) in [4.78, 5) is 31.0. The van der Waals surface area contributed by atoms with Gasteiger partial charge in [-0.2, -0.15) is 0 Å². The first-order valence-electron chi connectivity index (χ1n) is 10.4. The zero-order chi connectivity index (χ0) is 22.7. The number of methoxy groups -OCH3 is 1. The zero-order valence-corrected chi connectivity index (χ0v) is 18.1. The third-order valence-electron chi connectivity index (χ3n) is 5.37. The molecule has 3 heterocycles. The minimum atomic E-state index is -0.399. The first-order chi connectivity index (χ1) is 15.5. The van der Waals surface area contributed by atoms with Crippen molar-refractivity contribution in [2.75, 3.05) is 20.3 Å². The molecule has 1 aromatic carbocycles. The van der Waals surface area contributed by atoms with Crippen LogP contribution in [-0.2, 0) is 11.3 Å². The van der Waals surface area contributed by atoms with Crippen molar-refractivity contribution in [1.82, 2.24) is 19.3 Å². The molecule has 0 saturated heterocycles. The maximum Gasteiger partial charge on any atom is 0.267 e. The summed E-state index contributed by atoms with van der Waals surface area (Å²) in [5.41, 5.74) is 2.58. The fraction of sp³-hybridized carbons (Fsp3) is 0.250. The van der Waals surface area contributed by atoms with Gasteiger partial charge in [0.2, 0.25) is 0 Å². The molecular formula is C24H25N5O3. The molecule has 0 aliphatic heterocycles. The molecule has 0 unspecified atom stereocenters. The number of aryl methyl sites for hydroxylation is 1. The van der Waals surface area contributed by atoms with Crippen LogP contribution >= 0.6 is 0 Å². The number of rotatable bonds is 7. The Hall–Kier alpha value is -3.78. The van der Waals surface area contributed by atoms with E-state index in [1.807, 2.05) is 43.3 Å². The van der Waals surface area contributed by atoms with Gasteiger partial charge in [-0.05, 0) is 36.6 Å². The molecule has 164 valence electrons. The second-order valence-electron chi connectivity index (χ2n) is 7.62. The molecule has 0 aliphatic carbocycles. The number of amides is 1. The Bertz CT molecular complexity index is 1410. The molecule has 4 rings (SSSR count). The van der Waals surface area contributed by atoms with Crippen molar-refractivity contribution in [2.24, 2.45) is 0 Å². The van der Waals surface area contributed by atoms with E-state index in [4.69, 9.17) is 15.1 Å². The zero-order valence-electron chi connectivity index (χ0n) is 18.1. The first-order valence-corrected chi connectivity index (χ1v) is 10.4. The number of nitrogens with zero attached hydrogens (tertiary/aromatic N) is 3. The summed E-state index contributed by atoms with van der Waals surface area (Å²) < 4.78 is 8.13. The summed E-state index contributed by atoms with van der Waals surface area (Å²) in [5, 5.41) is 11.9. The van der Waals surface area contributed by atoms with Crippen molar-refractivity contribution in [2.45, 2.75) is 19.9 Å². The second-order valence-corrected chi connectivity index (χ2v) is 7.62. The minimum Gasteiger partial charge on any atom is -0.385 e. The van der Waals surface area contributed by atoms with E-state index in [1.54, 1.807) is 23.9 Å². The van der Waals surface area contributed by atoms with Crippen LogP contribution in [0.2, 0.25) is 0 Å². The monoisotopic (exact) mass is 431 g/mol. The quantitative estimate of drug-likeness (QED) is 0.346. The predicted molar refractivity (Wildman–Crippen MR) is 122 cm³/mol. The Morgan fingerprint density at radius 3 is 2.69 bits per heavy atom. The number of benzene rings is 1. The molecule has 8 heteroatoms. The van der Waals surface area contributed by atoms with Crippen LogP contribution in [0.3, 0.4) is 0 Å². The van der Waals surface area contributed by atoms with Crippen molar-refractivity contribution in [3.05, 3.63) is 87.3 Å². The number of carbonyl (C=O) groups is 1. The third-order valence-corrected chi connectivity index (χ3v) is 5.37. The molecule has 3 aromatic heterocycles. The fourth-order valence-electron chi connectivity index (χ4n) is 3.70. The molecule has 2 N–H and O–H groups in total. The minimum absolute atomic E-state index is 0.00966. The number of hydrogen-bond acceptors (Lipinski definition) is 5. The van der Waals surface area contributed by atoms with Crippen molar-refractivity contribution in [1.29, 1.82) is 5.41 Å². The SMILES string of the molecule is COCCCNC(=O)c1cc2c(=O)n3cccc(C)c3nc2n(Cc2ccccc2)c1=N. The lowest BCUT2D eigenvalue weighted by atomic mass is 10.1.